The van der Waals surface area contributed by atoms with E-state index < -0.39 is 0 Å². The summed E-state index contributed by atoms with van der Waals surface area (Å²) in [6.07, 6.45) is 6.96. The molecule has 2 unspecified atom stereocenters. The van der Waals surface area contributed by atoms with E-state index in [-0.39, 0.29) is 0 Å². The second-order valence-corrected chi connectivity index (χ2v) is 5.73. The standard InChI is InChI=1S/C16H24N2/c1-12-6-13(2)8-16(7-12)10-17-9-15-5-4-14(3)18-11-15/h4-6,11-12,16-17H,7-10H2,1-3H3. The van der Waals surface area contributed by atoms with Gasteiger partial charge in [0.1, 0.15) is 0 Å². The average Bonchev–Trinajstić information content (AvgIpc) is 2.30. The first-order valence-electron chi connectivity index (χ1n) is 6.93. The van der Waals surface area contributed by atoms with Crippen LogP contribution in [0.4, 0.5) is 0 Å². The van der Waals surface area contributed by atoms with Crippen LogP contribution in [0.5, 0.6) is 0 Å². The van der Waals surface area contributed by atoms with Crippen molar-refractivity contribution in [1.82, 2.24) is 10.3 Å². The molecule has 2 atom stereocenters. The zero-order chi connectivity index (χ0) is 13.0. The van der Waals surface area contributed by atoms with Gasteiger partial charge < -0.3 is 5.32 Å². The third-order valence-corrected chi connectivity index (χ3v) is 3.62. The summed E-state index contributed by atoms with van der Waals surface area (Å²) < 4.78 is 0. The highest BCUT2D eigenvalue weighted by Crippen LogP contribution is 2.27. The number of nitrogens with one attached hydrogen (secondary N) is 1. The number of pyridine rings is 1. The Morgan fingerprint density at radius 1 is 1.33 bits per heavy atom. The smallest absolute Gasteiger partial charge is 0.0372 e. The van der Waals surface area contributed by atoms with Crippen LogP contribution in [0, 0.1) is 18.8 Å². The van der Waals surface area contributed by atoms with Crippen LogP contribution in [-0.4, -0.2) is 11.5 Å². The number of nitrogens with zero attached hydrogens (tertiary/aromatic N) is 1. The molecular weight excluding hydrogens is 220 g/mol. The van der Waals surface area contributed by atoms with Gasteiger partial charge in [0, 0.05) is 18.4 Å². The predicted octanol–water partition coefficient (Wildman–Crippen LogP) is 3.47. The summed E-state index contributed by atoms with van der Waals surface area (Å²) in [5.74, 6) is 1.54. The minimum absolute atomic E-state index is 0.742. The monoisotopic (exact) mass is 244 g/mol. The van der Waals surface area contributed by atoms with Crippen molar-refractivity contribution in [3.8, 4) is 0 Å². The third kappa shape index (κ3) is 3.95. The first-order valence-corrected chi connectivity index (χ1v) is 6.93. The van der Waals surface area contributed by atoms with Gasteiger partial charge in [0.2, 0.25) is 0 Å². The molecule has 2 nitrogen and oxygen atoms in total. The fourth-order valence-electron chi connectivity index (χ4n) is 2.87. The molecule has 0 fully saturated rings. The molecule has 1 N–H and O–H groups in total. The predicted molar refractivity (Wildman–Crippen MR) is 76.3 cm³/mol. The maximum absolute atomic E-state index is 4.32. The van der Waals surface area contributed by atoms with E-state index in [9.17, 15) is 0 Å². The van der Waals surface area contributed by atoms with Crippen LogP contribution >= 0.6 is 0 Å². The van der Waals surface area contributed by atoms with E-state index in [0.29, 0.717) is 0 Å². The average molecular weight is 244 g/mol. The normalized spacial score (nSPS) is 23.8. The van der Waals surface area contributed by atoms with Crippen molar-refractivity contribution in [1.29, 1.82) is 0 Å². The lowest BCUT2D eigenvalue weighted by atomic mass is 9.84. The molecule has 0 amide bonds. The van der Waals surface area contributed by atoms with Crippen molar-refractivity contribution < 1.29 is 0 Å². The Morgan fingerprint density at radius 2 is 2.17 bits per heavy atom. The van der Waals surface area contributed by atoms with Gasteiger partial charge >= 0.3 is 0 Å². The molecule has 1 aliphatic carbocycles. The van der Waals surface area contributed by atoms with E-state index in [0.717, 1.165) is 30.6 Å². The highest BCUT2D eigenvalue weighted by molar-refractivity contribution is 5.13. The van der Waals surface area contributed by atoms with Crippen molar-refractivity contribution in [2.24, 2.45) is 11.8 Å². The topological polar surface area (TPSA) is 24.9 Å². The molecule has 0 bridgehead atoms. The minimum atomic E-state index is 0.742. The highest BCUT2D eigenvalue weighted by Gasteiger charge is 2.17. The number of allylic oxidation sites excluding steroid dienone is 2. The zero-order valence-corrected chi connectivity index (χ0v) is 11.7. The summed E-state index contributed by atoms with van der Waals surface area (Å²) in [6.45, 7) is 8.65. The Bertz CT molecular complexity index is 406. The lowest BCUT2D eigenvalue weighted by molar-refractivity contribution is 0.381. The van der Waals surface area contributed by atoms with Gasteiger partial charge in [-0.15, -0.1) is 0 Å². The van der Waals surface area contributed by atoms with E-state index >= 15 is 0 Å². The molecule has 1 heterocycles. The van der Waals surface area contributed by atoms with Gasteiger partial charge in [0.25, 0.3) is 0 Å². The van der Waals surface area contributed by atoms with Crippen LogP contribution in [0.3, 0.4) is 0 Å². The van der Waals surface area contributed by atoms with Gasteiger partial charge in [-0.25, -0.2) is 0 Å². The molecular formula is C16H24N2. The van der Waals surface area contributed by atoms with E-state index in [1.807, 2.05) is 13.1 Å². The summed E-state index contributed by atoms with van der Waals surface area (Å²) in [7, 11) is 0. The molecule has 18 heavy (non-hydrogen) atoms. The Morgan fingerprint density at radius 3 is 2.83 bits per heavy atom. The van der Waals surface area contributed by atoms with Crippen molar-refractivity contribution in [3.05, 3.63) is 41.2 Å². The summed E-state index contributed by atoms with van der Waals surface area (Å²) in [6, 6.07) is 4.23. The molecule has 0 aromatic carbocycles. The number of aromatic nitrogens is 1. The second kappa shape index (κ2) is 6.14. The Kier molecular flexibility index (Phi) is 4.54. The van der Waals surface area contributed by atoms with Crippen molar-refractivity contribution >= 4 is 0 Å². The van der Waals surface area contributed by atoms with Gasteiger partial charge in [-0.05, 0) is 56.7 Å². The molecule has 0 saturated carbocycles. The maximum atomic E-state index is 4.32. The molecule has 0 radical (unpaired) electrons. The molecule has 2 rings (SSSR count). The van der Waals surface area contributed by atoms with Crippen LogP contribution in [0.1, 0.15) is 37.9 Å². The molecule has 1 aromatic rings. The molecule has 1 aromatic heterocycles. The summed E-state index contributed by atoms with van der Waals surface area (Å²) in [5.41, 5.74) is 3.91. The summed E-state index contributed by atoms with van der Waals surface area (Å²) >= 11 is 0. The zero-order valence-electron chi connectivity index (χ0n) is 11.7. The lowest BCUT2D eigenvalue weighted by Crippen LogP contribution is -2.25. The summed E-state index contributed by atoms with van der Waals surface area (Å²) in [4.78, 5) is 4.32. The van der Waals surface area contributed by atoms with E-state index in [4.69, 9.17) is 0 Å². The van der Waals surface area contributed by atoms with Gasteiger partial charge in [0.15, 0.2) is 0 Å². The molecule has 0 saturated heterocycles. The van der Waals surface area contributed by atoms with Gasteiger partial charge in [-0.2, -0.15) is 0 Å². The molecule has 98 valence electrons. The Labute approximate surface area is 111 Å². The lowest BCUT2D eigenvalue weighted by Gasteiger charge is -2.25. The number of aryl methyl sites for hydroxylation is 1. The quantitative estimate of drug-likeness (QED) is 0.820. The van der Waals surface area contributed by atoms with Crippen molar-refractivity contribution in [2.75, 3.05) is 6.54 Å². The largest absolute Gasteiger partial charge is 0.312 e. The second-order valence-electron chi connectivity index (χ2n) is 5.73. The van der Waals surface area contributed by atoms with Crippen LogP contribution in [0.25, 0.3) is 0 Å². The van der Waals surface area contributed by atoms with Gasteiger partial charge in [-0.1, -0.05) is 24.6 Å². The molecule has 0 spiro atoms. The van der Waals surface area contributed by atoms with Gasteiger partial charge in [-0.3, -0.25) is 4.98 Å². The van der Waals surface area contributed by atoms with E-state index in [1.165, 1.54) is 18.4 Å². The molecule has 0 aliphatic heterocycles. The fraction of sp³-hybridized carbons (Fsp3) is 0.562. The first kappa shape index (κ1) is 13.3. The third-order valence-electron chi connectivity index (χ3n) is 3.62. The number of hydrogen-bond donors (Lipinski definition) is 1. The molecule has 2 heteroatoms. The first-order chi connectivity index (χ1) is 8.63. The highest BCUT2D eigenvalue weighted by atomic mass is 14.9. The molecule has 1 aliphatic rings. The van der Waals surface area contributed by atoms with Crippen LogP contribution in [0.15, 0.2) is 30.0 Å². The van der Waals surface area contributed by atoms with Crippen LogP contribution in [0.2, 0.25) is 0 Å². The fourth-order valence-corrected chi connectivity index (χ4v) is 2.87. The van der Waals surface area contributed by atoms with Crippen molar-refractivity contribution in [2.45, 2.75) is 40.2 Å². The number of rotatable bonds is 4. The Hall–Kier alpha value is -1.15. The SMILES string of the molecule is CC1=CC(C)CC(CNCc2ccc(C)nc2)C1. The number of hydrogen-bond acceptors (Lipinski definition) is 2. The maximum Gasteiger partial charge on any atom is 0.0372 e. The van der Waals surface area contributed by atoms with Crippen molar-refractivity contribution in [3.63, 3.8) is 0 Å². The van der Waals surface area contributed by atoms with E-state index in [1.54, 1.807) is 5.57 Å². The van der Waals surface area contributed by atoms with Crippen LogP contribution in [-0.2, 0) is 6.54 Å². The van der Waals surface area contributed by atoms with Gasteiger partial charge in [0.05, 0.1) is 0 Å². The minimum Gasteiger partial charge on any atom is -0.312 e. The van der Waals surface area contributed by atoms with E-state index in [2.05, 4.69) is 42.4 Å². The Balaban J connectivity index is 1.76. The van der Waals surface area contributed by atoms with Crippen LogP contribution < -0.4 is 5.32 Å². The summed E-state index contributed by atoms with van der Waals surface area (Å²) in [5, 5.41) is 3.56.